The van der Waals surface area contributed by atoms with Gasteiger partial charge < -0.3 is 0 Å². The zero-order chi connectivity index (χ0) is 14.0. The molecule has 0 unspecified atom stereocenters. The van der Waals surface area contributed by atoms with Gasteiger partial charge in [-0.2, -0.15) is 0 Å². The van der Waals surface area contributed by atoms with Gasteiger partial charge in [0.15, 0.2) is 0 Å². The molecule has 1 N–H and O–H groups in total. The molecule has 0 radical (unpaired) electrons. The first-order chi connectivity index (χ1) is 8.90. The van der Waals surface area contributed by atoms with Crippen molar-refractivity contribution >= 4 is 31.6 Å². The van der Waals surface area contributed by atoms with Gasteiger partial charge in [0.25, 0.3) is 10.0 Å². The highest BCUT2D eigenvalue weighted by molar-refractivity contribution is 9.10. The lowest BCUT2D eigenvalue weighted by Gasteiger charge is -2.10. The maximum atomic E-state index is 13.4. The summed E-state index contributed by atoms with van der Waals surface area (Å²) < 4.78 is 40.2. The van der Waals surface area contributed by atoms with E-state index in [-0.39, 0.29) is 9.37 Å². The molecule has 2 aromatic rings. The molecule has 2 rings (SSSR count). The van der Waals surface area contributed by atoms with E-state index < -0.39 is 15.8 Å². The van der Waals surface area contributed by atoms with Gasteiger partial charge in [-0.05, 0) is 52.7 Å². The Hall–Kier alpha value is -1.47. The van der Waals surface area contributed by atoms with Gasteiger partial charge in [-0.3, -0.25) is 9.71 Å². The molecule has 4 nitrogen and oxygen atoms in total. The lowest BCUT2D eigenvalue weighted by molar-refractivity contribution is 0.593. The quantitative estimate of drug-likeness (QED) is 0.930. The van der Waals surface area contributed by atoms with Crippen LogP contribution < -0.4 is 4.72 Å². The third kappa shape index (κ3) is 3.10. The number of hydrogen-bond donors (Lipinski definition) is 1. The Morgan fingerprint density at radius 3 is 2.68 bits per heavy atom. The molecule has 0 atom stereocenters. The summed E-state index contributed by atoms with van der Waals surface area (Å²) in [6.45, 7) is 1.75. The maximum Gasteiger partial charge on any atom is 0.262 e. The fourth-order valence-corrected chi connectivity index (χ4v) is 2.79. The Balaban J connectivity index is 2.38. The van der Waals surface area contributed by atoms with Gasteiger partial charge in [0.05, 0.1) is 21.3 Å². The van der Waals surface area contributed by atoms with Gasteiger partial charge >= 0.3 is 0 Å². The smallest absolute Gasteiger partial charge is 0.262 e. The molecule has 0 saturated carbocycles. The van der Waals surface area contributed by atoms with E-state index in [0.29, 0.717) is 5.69 Å². The van der Waals surface area contributed by atoms with Crippen LogP contribution in [0.25, 0.3) is 0 Å². The molecule has 0 saturated heterocycles. The monoisotopic (exact) mass is 344 g/mol. The van der Waals surface area contributed by atoms with Crippen molar-refractivity contribution in [3.8, 4) is 0 Å². The summed E-state index contributed by atoms with van der Waals surface area (Å²) in [7, 11) is -3.83. The summed E-state index contributed by atoms with van der Waals surface area (Å²) >= 11 is 2.97. The van der Waals surface area contributed by atoms with Crippen LogP contribution in [0.3, 0.4) is 0 Å². The Kier molecular flexibility index (Phi) is 3.86. The van der Waals surface area contributed by atoms with Gasteiger partial charge in [-0.25, -0.2) is 12.8 Å². The predicted molar refractivity (Wildman–Crippen MR) is 73.9 cm³/mol. The number of halogens is 2. The van der Waals surface area contributed by atoms with Gasteiger partial charge in [0, 0.05) is 6.20 Å². The lowest BCUT2D eigenvalue weighted by atomic mass is 10.3. The highest BCUT2D eigenvalue weighted by Crippen LogP contribution is 2.22. The maximum absolute atomic E-state index is 13.4. The van der Waals surface area contributed by atoms with E-state index in [4.69, 9.17) is 0 Å². The van der Waals surface area contributed by atoms with Crippen molar-refractivity contribution in [3.63, 3.8) is 0 Å². The van der Waals surface area contributed by atoms with Crippen LogP contribution >= 0.6 is 15.9 Å². The van der Waals surface area contributed by atoms with Crippen LogP contribution in [0.1, 0.15) is 5.56 Å². The largest absolute Gasteiger partial charge is 0.278 e. The van der Waals surface area contributed by atoms with E-state index in [2.05, 4.69) is 25.6 Å². The fourth-order valence-electron chi connectivity index (χ4n) is 1.42. The molecule has 0 aliphatic heterocycles. The zero-order valence-corrected chi connectivity index (χ0v) is 12.3. The summed E-state index contributed by atoms with van der Waals surface area (Å²) in [6.07, 6.45) is 2.97. The molecule has 1 heterocycles. The topological polar surface area (TPSA) is 59.1 Å². The highest BCUT2D eigenvalue weighted by atomic mass is 79.9. The standard InChI is InChI=1S/C12H10BrFN2O2S/c1-8-4-5-15-7-12(8)16-19(17,18)9-2-3-10(13)11(14)6-9/h2-7,16H,1H3. The number of aryl methyl sites for hydroxylation is 1. The second kappa shape index (κ2) is 5.26. The molecule has 0 spiro atoms. The van der Waals surface area contributed by atoms with Crippen LogP contribution in [0.4, 0.5) is 10.1 Å². The molecule has 1 aromatic heterocycles. The number of anilines is 1. The Bertz CT molecular complexity index is 719. The fraction of sp³-hybridized carbons (Fsp3) is 0.0833. The first-order valence-electron chi connectivity index (χ1n) is 5.28. The van der Waals surface area contributed by atoms with Gasteiger partial charge in [0.1, 0.15) is 5.82 Å². The summed E-state index contributed by atoms with van der Waals surface area (Å²) in [5.74, 6) is -0.634. The molecular weight excluding hydrogens is 335 g/mol. The minimum atomic E-state index is -3.83. The summed E-state index contributed by atoms with van der Waals surface area (Å²) in [6, 6.07) is 5.30. The molecule has 0 amide bonds. The number of nitrogens with one attached hydrogen (secondary N) is 1. The van der Waals surface area contributed by atoms with Crippen molar-refractivity contribution in [2.24, 2.45) is 0 Å². The van der Waals surface area contributed by atoms with Crippen LogP contribution in [-0.2, 0) is 10.0 Å². The molecule has 0 aliphatic rings. The molecule has 0 aliphatic carbocycles. The summed E-state index contributed by atoms with van der Waals surface area (Å²) in [4.78, 5) is 3.70. The highest BCUT2D eigenvalue weighted by Gasteiger charge is 2.16. The van der Waals surface area contributed by atoms with E-state index in [0.717, 1.165) is 11.6 Å². The van der Waals surface area contributed by atoms with E-state index in [1.807, 2.05) is 0 Å². The molecule has 100 valence electrons. The number of aromatic nitrogens is 1. The number of sulfonamides is 1. The van der Waals surface area contributed by atoms with Crippen LogP contribution in [0, 0.1) is 12.7 Å². The molecule has 7 heteroatoms. The molecular formula is C12H10BrFN2O2S. The third-order valence-corrected chi connectivity index (χ3v) is 4.49. The summed E-state index contributed by atoms with van der Waals surface area (Å²) in [5, 5.41) is 0. The van der Waals surface area contributed by atoms with Crippen LogP contribution in [0.5, 0.6) is 0 Å². The second-order valence-corrected chi connectivity index (χ2v) is 6.41. The number of hydrogen-bond acceptors (Lipinski definition) is 3. The van der Waals surface area contributed by atoms with Crippen LogP contribution in [0.2, 0.25) is 0 Å². The molecule has 0 fully saturated rings. The average molecular weight is 345 g/mol. The van der Waals surface area contributed by atoms with Gasteiger partial charge in [0.2, 0.25) is 0 Å². The molecule has 1 aromatic carbocycles. The summed E-state index contributed by atoms with van der Waals surface area (Å²) in [5.41, 5.74) is 1.10. The Morgan fingerprint density at radius 1 is 1.32 bits per heavy atom. The SMILES string of the molecule is Cc1ccncc1NS(=O)(=O)c1ccc(Br)c(F)c1. The molecule has 19 heavy (non-hydrogen) atoms. The zero-order valence-electron chi connectivity index (χ0n) is 9.89. The van der Waals surface area contributed by atoms with Crippen molar-refractivity contribution in [1.29, 1.82) is 0 Å². The van der Waals surface area contributed by atoms with Gasteiger partial charge in [-0.15, -0.1) is 0 Å². The van der Waals surface area contributed by atoms with Gasteiger partial charge in [-0.1, -0.05) is 0 Å². The number of benzene rings is 1. The first kappa shape index (κ1) is 14.0. The number of pyridine rings is 1. The normalized spacial score (nSPS) is 11.3. The van der Waals surface area contributed by atoms with Crippen LogP contribution in [-0.4, -0.2) is 13.4 Å². The van der Waals surface area contributed by atoms with Crippen molar-refractivity contribution in [3.05, 3.63) is 52.5 Å². The van der Waals surface area contributed by atoms with E-state index >= 15 is 0 Å². The van der Waals surface area contributed by atoms with E-state index in [1.165, 1.54) is 18.3 Å². The average Bonchev–Trinajstić information content (AvgIpc) is 2.35. The predicted octanol–water partition coefficient (Wildman–Crippen LogP) is 3.09. The minimum absolute atomic E-state index is 0.142. The van der Waals surface area contributed by atoms with E-state index in [1.54, 1.807) is 19.2 Å². The van der Waals surface area contributed by atoms with E-state index in [9.17, 15) is 12.8 Å². The lowest BCUT2D eigenvalue weighted by Crippen LogP contribution is -2.14. The second-order valence-electron chi connectivity index (χ2n) is 3.87. The third-order valence-electron chi connectivity index (χ3n) is 2.48. The first-order valence-corrected chi connectivity index (χ1v) is 7.56. The van der Waals surface area contributed by atoms with Crippen molar-refractivity contribution in [2.75, 3.05) is 4.72 Å². The minimum Gasteiger partial charge on any atom is -0.278 e. The molecule has 0 bridgehead atoms. The Labute approximate surface area is 118 Å². The number of nitrogens with zero attached hydrogens (tertiary/aromatic N) is 1. The van der Waals surface area contributed by atoms with Crippen molar-refractivity contribution < 1.29 is 12.8 Å². The van der Waals surface area contributed by atoms with Crippen molar-refractivity contribution in [2.45, 2.75) is 11.8 Å². The van der Waals surface area contributed by atoms with Crippen molar-refractivity contribution in [1.82, 2.24) is 4.98 Å². The number of rotatable bonds is 3. The Morgan fingerprint density at radius 2 is 2.05 bits per heavy atom. The van der Waals surface area contributed by atoms with Crippen LogP contribution in [0.15, 0.2) is 46.0 Å².